The monoisotopic (exact) mass is 466 g/mol. The Morgan fingerprint density at radius 3 is 2.50 bits per heavy atom. The molecule has 34 heavy (non-hydrogen) atoms. The predicted octanol–water partition coefficient (Wildman–Crippen LogP) is 3.46. The minimum atomic E-state index is -1.23. The van der Waals surface area contributed by atoms with Crippen molar-refractivity contribution in [3.8, 4) is 0 Å². The summed E-state index contributed by atoms with van der Waals surface area (Å²) in [4.78, 5) is 50.8. The second kappa shape index (κ2) is 10.6. The van der Waals surface area contributed by atoms with Gasteiger partial charge in [-0.05, 0) is 24.5 Å². The van der Waals surface area contributed by atoms with Gasteiger partial charge in [-0.15, -0.1) is 0 Å². The summed E-state index contributed by atoms with van der Waals surface area (Å²) in [6.45, 7) is 3.86. The number of nitro groups is 1. The van der Waals surface area contributed by atoms with Crippen molar-refractivity contribution < 1.29 is 24.4 Å². The lowest BCUT2D eigenvalue weighted by molar-refractivity contribution is -0.384. The van der Waals surface area contributed by atoms with Crippen LogP contribution >= 0.6 is 0 Å². The van der Waals surface area contributed by atoms with Gasteiger partial charge in [-0.25, -0.2) is 9.59 Å². The molecular formula is C24H26N4O6. The van der Waals surface area contributed by atoms with Crippen LogP contribution in [0, 0.1) is 10.1 Å². The minimum Gasteiger partial charge on any atom is -0.478 e. The van der Waals surface area contributed by atoms with Crippen molar-refractivity contribution in [1.29, 1.82) is 0 Å². The molecular weight excluding hydrogens is 440 g/mol. The quantitative estimate of drug-likeness (QED) is 0.429. The standard InChI is InChI=1S/C24H26N4O6/c1-16-21(23(30)31)22(19-10-6-11-20(14-19)28(33)34)27(24(32)25-16)13-7-12-26(17(2)29)15-18-8-4-3-5-9-18/h3-6,8-11,14,22H,7,12-13,15H2,1-2H3,(H,25,32)(H,30,31). The first-order valence-corrected chi connectivity index (χ1v) is 10.7. The number of non-ortho nitro benzene ring substituents is 1. The fourth-order valence-corrected chi connectivity index (χ4v) is 4.02. The van der Waals surface area contributed by atoms with Crippen LogP contribution in [0.25, 0.3) is 0 Å². The molecule has 1 heterocycles. The number of allylic oxidation sites excluding steroid dienone is 1. The molecule has 1 aliphatic heterocycles. The molecule has 10 heteroatoms. The topological polar surface area (TPSA) is 133 Å². The molecule has 1 unspecified atom stereocenters. The first-order valence-electron chi connectivity index (χ1n) is 10.7. The van der Waals surface area contributed by atoms with E-state index < -0.39 is 23.0 Å². The second-order valence-electron chi connectivity index (χ2n) is 8.00. The lowest BCUT2D eigenvalue weighted by Crippen LogP contribution is -2.49. The van der Waals surface area contributed by atoms with Crippen LogP contribution in [-0.2, 0) is 16.1 Å². The minimum absolute atomic E-state index is 0.0622. The van der Waals surface area contributed by atoms with E-state index in [2.05, 4.69) is 5.32 Å². The summed E-state index contributed by atoms with van der Waals surface area (Å²) in [5.41, 5.74) is 1.21. The van der Waals surface area contributed by atoms with Crippen LogP contribution < -0.4 is 5.32 Å². The van der Waals surface area contributed by atoms with Crippen LogP contribution in [-0.4, -0.2) is 50.8 Å². The molecule has 10 nitrogen and oxygen atoms in total. The predicted molar refractivity (Wildman–Crippen MR) is 124 cm³/mol. The van der Waals surface area contributed by atoms with E-state index in [4.69, 9.17) is 0 Å². The van der Waals surface area contributed by atoms with Crippen LogP contribution in [0.2, 0.25) is 0 Å². The number of carboxylic acids is 1. The van der Waals surface area contributed by atoms with Crippen molar-refractivity contribution in [3.05, 3.63) is 87.1 Å². The van der Waals surface area contributed by atoms with E-state index in [0.717, 1.165) is 5.56 Å². The SMILES string of the molecule is CC(=O)N(CCCN1C(=O)NC(C)=C(C(=O)O)C1c1cccc([N+](=O)[O-])c1)Cc1ccccc1. The molecule has 0 aliphatic carbocycles. The van der Waals surface area contributed by atoms with Gasteiger partial charge in [-0.3, -0.25) is 14.9 Å². The third kappa shape index (κ3) is 5.58. The smallest absolute Gasteiger partial charge is 0.335 e. The zero-order valence-electron chi connectivity index (χ0n) is 18.9. The number of carboxylic acid groups (broad SMARTS) is 1. The molecule has 3 amide bonds. The van der Waals surface area contributed by atoms with E-state index in [-0.39, 0.29) is 29.4 Å². The van der Waals surface area contributed by atoms with Gasteiger partial charge in [0.05, 0.1) is 16.5 Å². The van der Waals surface area contributed by atoms with Crippen LogP contribution in [0.15, 0.2) is 65.9 Å². The Bertz CT molecular complexity index is 1130. The summed E-state index contributed by atoms with van der Waals surface area (Å²) in [5, 5.41) is 23.7. The lowest BCUT2D eigenvalue weighted by Gasteiger charge is -2.37. The zero-order valence-corrected chi connectivity index (χ0v) is 18.9. The van der Waals surface area contributed by atoms with Gasteiger partial charge in [0.25, 0.3) is 5.69 Å². The summed E-state index contributed by atoms with van der Waals surface area (Å²) in [7, 11) is 0. The van der Waals surface area contributed by atoms with E-state index >= 15 is 0 Å². The van der Waals surface area contributed by atoms with Gasteiger partial charge >= 0.3 is 12.0 Å². The van der Waals surface area contributed by atoms with Gasteiger partial charge in [0.2, 0.25) is 5.91 Å². The molecule has 1 aliphatic rings. The Morgan fingerprint density at radius 1 is 1.18 bits per heavy atom. The third-order valence-electron chi connectivity index (χ3n) is 5.66. The highest BCUT2D eigenvalue weighted by atomic mass is 16.6. The Morgan fingerprint density at radius 2 is 1.88 bits per heavy atom. The van der Waals surface area contributed by atoms with Gasteiger partial charge in [-0.2, -0.15) is 0 Å². The Labute approximate surface area is 196 Å². The number of urea groups is 1. The third-order valence-corrected chi connectivity index (χ3v) is 5.66. The number of hydrogen-bond donors (Lipinski definition) is 2. The van der Waals surface area contributed by atoms with Crippen LogP contribution in [0.4, 0.5) is 10.5 Å². The van der Waals surface area contributed by atoms with E-state index in [1.165, 1.54) is 36.9 Å². The number of amides is 3. The number of aliphatic carboxylic acids is 1. The molecule has 2 aromatic rings. The van der Waals surface area contributed by atoms with Crippen LogP contribution in [0.5, 0.6) is 0 Å². The van der Waals surface area contributed by atoms with Crippen molar-refractivity contribution in [1.82, 2.24) is 15.1 Å². The molecule has 0 radical (unpaired) electrons. The fourth-order valence-electron chi connectivity index (χ4n) is 4.02. The van der Waals surface area contributed by atoms with Crippen LogP contribution in [0.1, 0.15) is 37.4 Å². The van der Waals surface area contributed by atoms with Gasteiger partial charge in [-0.1, -0.05) is 42.5 Å². The van der Waals surface area contributed by atoms with E-state index in [0.29, 0.717) is 25.1 Å². The van der Waals surface area contributed by atoms with Gasteiger partial charge in [0.1, 0.15) is 0 Å². The highest BCUT2D eigenvalue weighted by Gasteiger charge is 2.38. The average Bonchev–Trinajstić information content (AvgIpc) is 2.79. The zero-order chi connectivity index (χ0) is 24.8. The molecule has 1 atom stereocenters. The fraction of sp³-hybridized carbons (Fsp3) is 0.292. The summed E-state index contributed by atoms with van der Waals surface area (Å²) in [6, 6.07) is 13.6. The van der Waals surface area contributed by atoms with Gasteiger partial charge in [0.15, 0.2) is 0 Å². The second-order valence-corrected chi connectivity index (χ2v) is 8.00. The first-order chi connectivity index (χ1) is 16.2. The molecule has 0 saturated carbocycles. The summed E-state index contributed by atoms with van der Waals surface area (Å²) in [5.74, 6) is -1.35. The number of nitro benzene ring substituents is 1. The average molecular weight is 466 g/mol. The van der Waals surface area contributed by atoms with Crippen molar-refractivity contribution in [2.24, 2.45) is 0 Å². The number of carbonyl (C=O) groups is 3. The number of nitrogens with zero attached hydrogens (tertiary/aromatic N) is 3. The Hall–Kier alpha value is -4.21. The van der Waals surface area contributed by atoms with Crippen molar-refractivity contribution >= 4 is 23.6 Å². The Balaban J connectivity index is 1.85. The first kappa shape index (κ1) is 24.4. The van der Waals surface area contributed by atoms with Gasteiger partial charge < -0.3 is 20.2 Å². The highest BCUT2D eigenvalue weighted by Crippen LogP contribution is 2.35. The molecule has 0 bridgehead atoms. The number of rotatable bonds is 9. The highest BCUT2D eigenvalue weighted by molar-refractivity contribution is 5.93. The molecule has 0 saturated heterocycles. The maximum atomic E-state index is 12.8. The molecule has 2 N–H and O–H groups in total. The number of benzene rings is 2. The summed E-state index contributed by atoms with van der Waals surface area (Å²) >= 11 is 0. The molecule has 0 spiro atoms. The maximum absolute atomic E-state index is 12.8. The summed E-state index contributed by atoms with van der Waals surface area (Å²) < 4.78 is 0. The van der Waals surface area contributed by atoms with E-state index in [1.807, 2.05) is 30.3 Å². The molecule has 178 valence electrons. The van der Waals surface area contributed by atoms with Crippen molar-refractivity contribution in [3.63, 3.8) is 0 Å². The molecule has 3 rings (SSSR count). The normalized spacial score (nSPS) is 15.6. The summed E-state index contributed by atoms with van der Waals surface area (Å²) in [6.07, 6.45) is 0.386. The Kier molecular flexibility index (Phi) is 7.62. The van der Waals surface area contributed by atoms with Crippen molar-refractivity contribution in [2.45, 2.75) is 32.9 Å². The maximum Gasteiger partial charge on any atom is 0.335 e. The molecule has 0 fully saturated rings. The number of hydrogen-bond acceptors (Lipinski definition) is 5. The number of carbonyl (C=O) groups excluding carboxylic acids is 2. The molecule has 0 aromatic heterocycles. The largest absolute Gasteiger partial charge is 0.478 e. The lowest BCUT2D eigenvalue weighted by atomic mass is 9.93. The molecule has 2 aromatic carbocycles. The van der Waals surface area contributed by atoms with Crippen LogP contribution in [0.3, 0.4) is 0 Å². The van der Waals surface area contributed by atoms with E-state index in [1.54, 1.807) is 11.0 Å². The number of nitrogens with one attached hydrogen (secondary N) is 1. The van der Waals surface area contributed by atoms with Gasteiger partial charge in [0, 0.05) is 44.4 Å². The van der Waals surface area contributed by atoms with Crippen molar-refractivity contribution in [2.75, 3.05) is 13.1 Å². The van der Waals surface area contributed by atoms with E-state index in [9.17, 15) is 29.6 Å².